The Morgan fingerprint density at radius 2 is 2.17 bits per heavy atom. The molecule has 6 nitrogen and oxygen atoms in total. The summed E-state index contributed by atoms with van der Waals surface area (Å²) in [7, 11) is -3.22. The van der Waals surface area contributed by atoms with Crippen molar-refractivity contribution in [3.8, 4) is 0 Å². The first kappa shape index (κ1) is 13.4. The Morgan fingerprint density at radius 1 is 1.39 bits per heavy atom. The fourth-order valence-electron chi connectivity index (χ4n) is 2.03. The zero-order valence-corrected chi connectivity index (χ0v) is 11.0. The second-order valence-electron chi connectivity index (χ2n) is 4.51. The molecular formula is C11H18N4O2S. The van der Waals surface area contributed by atoms with Gasteiger partial charge >= 0.3 is 0 Å². The van der Waals surface area contributed by atoms with Crippen molar-refractivity contribution >= 4 is 10.0 Å². The van der Waals surface area contributed by atoms with Crippen LogP contribution in [0.1, 0.15) is 18.5 Å². The highest BCUT2D eigenvalue weighted by Crippen LogP contribution is 2.13. The van der Waals surface area contributed by atoms with E-state index >= 15 is 0 Å². The third-order valence-corrected chi connectivity index (χ3v) is 4.51. The maximum absolute atomic E-state index is 11.9. The molecule has 2 N–H and O–H groups in total. The van der Waals surface area contributed by atoms with Gasteiger partial charge in [0.2, 0.25) is 10.0 Å². The maximum atomic E-state index is 11.9. The van der Waals surface area contributed by atoms with Crippen LogP contribution in [0.4, 0.5) is 0 Å². The third kappa shape index (κ3) is 4.32. The fourth-order valence-corrected chi connectivity index (χ4v) is 3.47. The summed E-state index contributed by atoms with van der Waals surface area (Å²) in [5.41, 5.74) is 0.631. The second kappa shape index (κ2) is 6.21. The first-order chi connectivity index (χ1) is 8.66. The molecule has 1 aliphatic rings. The zero-order valence-electron chi connectivity index (χ0n) is 10.2. The van der Waals surface area contributed by atoms with Crippen molar-refractivity contribution in [2.45, 2.75) is 19.4 Å². The molecule has 2 rings (SSSR count). The van der Waals surface area contributed by atoms with Crippen LogP contribution in [0.5, 0.6) is 0 Å². The standard InChI is InChI=1S/C11H18N4O2S/c16-18(17,9-10-3-6-12-7-4-10)14-8-11-2-1-5-13-15-11/h1-2,5,10,12,14H,3-4,6-9H2. The Hall–Kier alpha value is -1.05. The Morgan fingerprint density at radius 3 is 2.83 bits per heavy atom. The average Bonchev–Trinajstić information content (AvgIpc) is 2.38. The number of aromatic nitrogens is 2. The number of rotatable bonds is 5. The summed E-state index contributed by atoms with van der Waals surface area (Å²) in [5.74, 6) is 0.459. The SMILES string of the molecule is O=S(=O)(CC1CCNCC1)NCc1cccnn1. The van der Waals surface area contributed by atoms with E-state index in [0.29, 0.717) is 5.69 Å². The number of hydrogen-bond donors (Lipinski definition) is 2. The lowest BCUT2D eigenvalue weighted by atomic mass is 10.0. The molecule has 1 aromatic rings. The highest BCUT2D eigenvalue weighted by molar-refractivity contribution is 7.89. The summed E-state index contributed by atoms with van der Waals surface area (Å²) in [5, 5.41) is 10.8. The van der Waals surface area contributed by atoms with Crippen molar-refractivity contribution < 1.29 is 8.42 Å². The predicted octanol–water partition coefficient (Wildman–Crippen LogP) is -0.104. The van der Waals surface area contributed by atoms with E-state index < -0.39 is 10.0 Å². The minimum Gasteiger partial charge on any atom is -0.317 e. The lowest BCUT2D eigenvalue weighted by Gasteiger charge is -2.22. The normalized spacial score (nSPS) is 17.8. The van der Waals surface area contributed by atoms with Gasteiger partial charge in [-0.3, -0.25) is 0 Å². The van der Waals surface area contributed by atoms with Crippen molar-refractivity contribution in [1.82, 2.24) is 20.2 Å². The molecule has 0 bridgehead atoms. The van der Waals surface area contributed by atoms with Gasteiger partial charge in [-0.15, -0.1) is 0 Å². The fraction of sp³-hybridized carbons (Fsp3) is 0.636. The number of hydrogen-bond acceptors (Lipinski definition) is 5. The van der Waals surface area contributed by atoms with E-state index in [9.17, 15) is 8.42 Å². The second-order valence-corrected chi connectivity index (χ2v) is 6.36. The van der Waals surface area contributed by atoms with Gasteiger partial charge in [0.25, 0.3) is 0 Å². The molecule has 0 atom stereocenters. The van der Waals surface area contributed by atoms with Crippen LogP contribution in [-0.2, 0) is 16.6 Å². The molecule has 0 amide bonds. The van der Waals surface area contributed by atoms with E-state index in [1.54, 1.807) is 18.3 Å². The van der Waals surface area contributed by atoms with Crippen LogP contribution in [0, 0.1) is 5.92 Å². The lowest BCUT2D eigenvalue weighted by molar-refractivity contribution is 0.400. The Balaban J connectivity index is 1.83. The summed E-state index contributed by atoms with van der Waals surface area (Å²) in [6.07, 6.45) is 3.41. The lowest BCUT2D eigenvalue weighted by Crippen LogP contribution is -2.35. The van der Waals surface area contributed by atoms with Gasteiger partial charge in [0, 0.05) is 6.20 Å². The maximum Gasteiger partial charge on any atom is 0.212 e. The predicted molar refractivity (Wildman–Crippen MR) is 68.3 cm³/mol. The number of sulfonamides is 1. The minimum absolute atomic E-state index is 0.203. The smallest absolute Gasteiger partial charge is 0.212 e. The van der Waals surface area contributed by atoms with Crippen molar-refractivity contribution in [3.63, 3.8) is 0 Å². The Bertz CT molecular complexity index is 457. The molecule has 0 radical (unpaired) electrons. The van der Waals surface area contributed by atoms with E-state index in [2.05, 4.69) is 20.2 Å². The first-order valence-electron chi connectivity index (χ1n) is 6.10. The summed E-state index contributed by atoms with van der Waals surface area (Å²) in [6, 6.07) is 3.49. The van der Waals surface area contributed by atoms with Gasteiger partial charge < -0.3 is 5.32 Å². The average molecular weight is 270 g/mol. The highest BCUT2D eigenvalue weighted by atomic mass is 32.2. The van der Waals surface area contributed by atoms with Crippen LogP contribution >= 0.6 is 0 Å². The van der Waals surface area contributed by atoms with E-state index in [4.69, 9.17) is 0 Å². The molecule has 0 saturated carbocycles. The van der Waals surface area contributed by atoms with Crippen LogP contribution < -0.4 is 10.0 Å². The topological polar surface area (TPSA) is 84.0 Å². The van der Waals surface area contributed by atoms with Gasteiger partial charge in [-0.1, -0.05) is 0 Å². The molecule has 18 heavy (non-hydrogen) atoms. The Labute approximate surface area is 107 Å². The van der Waals surface area contributed by atoms with Crippen molar-refractivity contribution in [1.29, 1.82) is 0 Å². The summed E-state index contributed by atoms with van der Waals surface area (Å²) >= 11 is 0. The Kier molecular flexibility index (Phi) is 4.62. The molecule has 1 fully saturated rings. The monoisotopic (exact) mass is 270 g/mol. The molecule has 0 unspecified atom stereocenters. The molecule has 2 heterocycles. The molecule has 100 valence electrons. The van der Waals surface area contributed by atoms with Crippen molar-refractivity contribution in [3.05, 3.63) is 24.0 Å². The van der Waals surface area contributed by atoms with Crippen LogP contribution in [0.15, 0.2) is 18.3 Å². The van der Waals surface area contributed by atoms with Gasteiger partial charge in [0.05, 0.1) is 18.0 Å². The van der Waals surface area contributed by atoms with Crippen LogP contribution in [-0.4, -0.2) is 37.5 Å². The number of piperidine rings is 1. The van der Waals surface area contributed by atoms with Crippen LogP contribution in [0.3, 0.4) is 0 Å². The summed E-state index contributed by atoms with van der Waals surface area (Å²) < 4.78 is 26.4. The molecular weight excluding hydrogens is 252 g/mol. The van der Waals surface area contributed by atoms with Crippen LogP contribution in [0.2, 0.25) is 0 Å². The molecule has 1 saturated heterocycles. The molecule has 1 aromatic heterocycles. The third-order valence-electron chi connectivity index (χ3n) is 3.01. The zero-order chi connectivity index (χ0) is 12.8. The largest absolute Gasteiger partial charge is 0.317 e. The summed E-state index contributed by atoms with van der Waals surface area (Å²) in [4.78, 5) is 0. The van der Waals surface area contributed by atoms with E-state index in [1.807, 2.05) is 0 Å². The van der Waals surface area contributed by atoms with E-state index in [0.717, 1.165) is 25.9 Å². The molecule has 1 aliphatic heterocycles. The van der Waals surface area contributed by atoms with Crippen molar-refractivity contribution in [2.24, 2.45) is 5.92 Å². The van der Waals surface area contributed by atoms with Gasteiger partial charge in [0.15, 0.2) is 0 Å². The number of nitrogens with one attached hydrogen (secondary N) is 2. The molecule has 7 heteroatoms. The molecule has 0 aliphatic carbocycles. The molecule has 0 aromatic carbocycles. The van der Waals surface area contributed by atoms with Gasteiger partial charge in [-0.2, -0.15) is 10.2 Å². The summed E-state index contributed by atoms with van der Waals surface area (Å²) in [6.45, 7) is 2.02. The quantitative estimate of drug-likeness (QED) is 0.780. The van der Waals surface area contributed by atoms with E-state index in [-0.39, 0.29) is 18.2 Å². The minimum atomic E-state index is -3.22. The van der Waals surface area contributed by atoms with Crippen molar-refractivity contribution in [2.75, 3.05) is 18.8 Å². The molecule has 0 spiro atoms. The van der Waals surface area contributed by atoms with E-state index in [1.165, 1.54) is 0 Å². The van der Waals surface area contributed by atoms with Gasteiger partial charge in [0.1, 0.15) is 0 Å². The highest BCUT2D eigenvalue weighted by Gasteiger charge is 2.20. The first-order valence-corrected chi connectivity index (χ1v) is 7.75. The number of nitrogens with zero attached hydrogens (tertiary/aromatic N) is 2. The van der Waals surface area contributed by atoms with Gasteiger partial charge in [-0.25, -0.2) is 13.1 Å². The van der Waals surface area contributed by atoms with Gasteiger partial charge in [-0.05, 0) is 44.0 Å². The van der Waals surface area contributed by atoms with Crippen LogP contribution in [0.25, 0.3) is 0 Å².